The van der Waals surface area contributed by atoms with Crippen LogP contribution in [0.1, 0.15) is 50.7 Å². The summed E-state index contributed by atoms with van der Waals surface area (Å²) in [6, 6.07) is 7.97. The summed E-state index contributed by atoms with van der Waals surface area (Å²) in [6.45, 7) is 10.8. The summed E-state index contributed by atoms with van der Waals surface area (Å²) in [5.74, 6) is -0.407. The van der Waals surface area contributed by atoms with Crippen molar-refractivity contribution in [2.24, 2.45) is 9.98 Å². The molecule has 1 fully saturated rings. The third-order valence-corrected chi connectivity index (χ3v) is 7.29. The van der Waals surface area contributed by atoms with Gasteiger partial charge in [-0.3, -0.25) is 9.79 Å². The summed E-state index contributed by atoms with van der Waals surface area (Å²) in [7, 11) is 5.03. The van der Waals surface area contributed by atoms with Crippen LogP contribution in [-0.2, 0) is 4.79 Å². The molecule has 2 aromatic rings. The molecular formula is C30H37F2N5O3. The standard InChI is InChI=1S/C30H37F2N5O3/c1-17(2)37-25-14-21(15-26(39-7)28(25)40-19(4)29(37)38)27(18(3)31)35-30(33-5)34-22-8-9-23(24(32)16-22)20-10-12-36(6)13-11-20/h8-9,14-17,19-20H,3,10-13H2,1-2,4-7H3,(H,33,34). The van der Waals surface area contributed by atoms with Crippen LogP contribution in [0.25, 0.3) is 0 Å². The summed E-state index contributed by atoms with van der Waals surface area (Å²) in [5.41, 5.74) is 1.76. The number of allylic oxidation sites excluding steroid dienone is 1. The lowest BCUT2D eigenvalue weighted by atomic mass is 9.89. The fourth-order valence-corrected chi connectivity index (χ4v) is 5.15. The molecule has 1 amide bonds. The number of hydrogen-bond acceptors (Lipinski definition) is 5. The van der Waals surface area contributed by atoms with Gasteiger partial charge in [0.05, 0.1) is 12.8 Å². The molecule has 0 spiro atoms. The maximum atomic E-state index is 15.1. The number of carbonyl (C=O) groups is 1. The van der Waals surface area contributed by atoms with Crippen molar-refractivity contribution < 1.29 is 23.0 Å². The Labute approximate surface area is 234 Å². The van der Waals surface area contributed by atoms with Crippen molar-refractivity contribution in [3.8, 4) is 11.5 Å². The van der Waals surface area contributed by atoms with Crippen molar-refractivity contribution in [1.82, 2.24) is 4.90 Å². The Morgan fingerprint density at radius 2 is 1.93 bits per heavy atom. The number of benzene rings is 2. The van der Waals surface area contributed by atoms with Gasteiger partial charge in [-0.1, -0.05) is 12.6 Å². The minimum Gasteiger partial charge on any atom is -0.493 e. The van der Waals surface area contributed by atoms with Crippen molar-refractivity contribution in [3.05, 3.63) is 59.7 Å². The van der Waals surface area contributed by atoms with Crippen LogP contribution in [0, 0.1) is 5.82 Å². The van der Waals surface area contributed by atoms with Gasteiger partial charge in [0.1, 0.15) is 17.4 Å². The monoisotopic (exact) mass is 553 g/mol. The zero-order valence-corrected chi connectivity index (χ0v) is 23.9. The number of guanidine groups is 1. The highest BCUT2D eigenvalue weighted by Crippen LogP contribution is 2.44. The van der Waals surface area contributed by atoms with Gasteiger partial charge in [0.25, 0.3) is 5.91 Å². The molecule has 4 rings (SSSR count). The number of nitrogens with one attached hydrogen (secondary N) is 1. The number of nitrogens with zero attached hydrogens (tertiary/aromatic N) is 4. The summed E-state index contributed by atoms with van der Waals surface area (Å²) in [6.07, 6.45) is 1.11. The van der Waals surface area contributed by atoms with Crippen LogP contribution >= 0.6 is 0 Å². The number of fused-ring (bicyclic) bond motifs is 1. The maximum absolute atomic E-state index is 15.1. The van der Waals surface area contributed by atoms with E-state index in [-0.39, 0.29) is 35.4 Å². The van der Waals surface area contributed by atoms with Gasteiger partial charge in [-0.2, -0.15) is 0 Å². The molecule has 10 heteroatoms. The van der Waals surface area contributed by atoms with E-state index in [2.05, 4.69) is 33.8 Å². The van der Waals surface area contributed by atoms with E-state index < -0.39 is 11.9 Å². The molecule has 2 aliphatic heterocycles. The van der Waals surface area contributed by atoms with Crippen LogP contribution in [-0.4, -0.2) is 68.9 Å². The highest BCUT2D eigenvalue weighted by Gasteiger charge is 2.36. The van der Waals surface area contributed by atoms with E-state index in [0.717, 1.165) is 25.9 Å². The average molecular weight is 554 g/mol. The minimum absolute atomic E-state index is 0.0543. The Hall–Kier alpha value is -3.79. The highest BCUT2D eigenvalue weighted by atomic mass is 19.1. The smallest absolute Gasteiger partial charge is 0.268 e. The Morgan fingerprint density at radius 3 is 2.50 bits per heavy atom. The number of methoxy groups -OCH3 is 1. The molecule has 0 bridgehead atoms. The second kappa shape index (κ2) is 12.2. The molecule has 0 aliphatic carbocycles. The molecule has 2 heterocycles. The number of likely N-dealkylation sites (tertiary alicyclic amines) is 1. The van der Waals surface area contributed by atoms with Gasteiger partial charge < -0.3 is 24.6 Å². The molecule has 2 aromatic carbocycles. The molecule has 0 radical (unpaired) electrons. The molecule has 0 saturated carbocycles. The van der Waals surface area contributed by atoms with Crippen LogP contribution in [0.2, 0.25) is 0 Å². The maximum Gasteiger partial charge on any atom is 0.268 e. The van der Waals surface area contributed by atoms with E-state index in [1.54, 1.807) is 36.1 Å². The van der Waals surface area contributed by atoms with Crippen molar-refractivity contribution in [3.63, 3.8) is 0 Å². The molecule has 1 unspecified atom stereocenters. The number of aliphatic imine (C=N–C) groups is 2. The fourth-order valence-electron chi connectivity index (χ4n) is 5.15. The van der Waals surface area contributed by atoms with E-state index in [1.165, 1.54) is 20.2 Å². The third kappa shape index (κ3) is 6.01. The number of anilines is 2. The molecule has 1 N–H and O–H groups in total. The lowest BCUT2D eigenvalue weighted by molar-refractivity contribution is -0.126. The van der Waals surface area contributed by atoms with E-state index in [9.17, 15) is 9.18 Å². The lowest BCUT2D eigenvalue weighted by Gasteiger charge is -2.36. The fraction of sp³-hybridized carbons (Fsp3) is 0.433. The average Bonchev–Trinajstić information content (AvgIpc) is 2.91. The van der Waals surface area contributed by atoms with Crippen molar-refractivity contribution in [2.75, 3.05) is 44.5 Å². The first-order valence-electron chi connectivity index (χ1n) is 13.4. The minimum atomic E-state index is -0.818. The lowest BCUT2D eigenvalue weighted by Crippen LogP contribution is -2.48. The van der Waals surface area contributed by atoms with Gasteiger partial charge >= 0.3 is 0 Å². The van der Waals surface area contributed by atoms with Crippen LogP contribution in [0.5, 0.6) is 11.5 Å². The van der Waals surface area contributed by atoms with E-state index in [1.807, 2.05) is 13.8 Å². The predicted octanol–water partition coefficient (Wildman–Crippen LogP) is 5.54. The molecule has 214 valence electrons. The van der Waals surface area contributed by atoms with E-state index in [0.29, 0.717) is 34.0 Å². The van der Waals surface area contributed by atoms with Crippen molar-refractivity contribution in [2.45, 2.75) is 51.7 Å². The van der Waals surface area contributed by atoms with Gasteiger partial charge in [0.15, 0.2) is 17.6 Å². The number of rotatable bonds is 6. The zero-order chi connectivity index (χ0) is 29.1. The summed E-state index contributed by atoms with van der Waals surface area (Å²) < 4.78 is 41.3. The molecule has 40 heavy (non-hydrogen) atoms. The number of ether oxygens (including phenoxy) is 2. The number of halogens is 2. The third-order valence-electron chi connectivity index (χ3n) is 7.29. The highest BCUT2D eigenvalue weighted by molar-refractivity contribution is 6.18. The number of piperidine rings is 1. The van der Waals surface area contributed by atoms with Crippen LogP contribution in [0.3, 0.4) is 0 Å². The van der Waals surface area contributed by atoms with Gasteiger partial charge in [0, 0.05) is 24.3 Å². The van der Waals surface area contributed by atoms with Crippen LogP contribution in [0.4, 0.5) is 20.2 Å². The molecule has 2 aliphatic rings. The Morgan fingerprint density at radius 1 is 1.23 bits per heavy atom. The van der Waals surface area contributed by atoms with Crippen LogP contribution < -0.4 is 19.7 Å². The van der Waals surface area contributed by atoms with E-state index >= 15 is 4.39 Å². The van der Waals surface area contributed by atoms with Crippen molar-refractivity contribution >= 4 is 29.0 Å². The van der Waals surface area contributed by atoms with E-state index in [4.69, 9.17) is 9.47 Å². The number of hydrogen-bond donors (Lipinski definition) is 1. The van der Waals surface area contributed by atoms with Gasteiger partial charge in [-0.25, -0.2) is 13.8 Å². The molecule has 0 aromatic heterocycles. The normalized spacial score (nSPS) is 19.0. The van der Waals surface area contributed by atoms with Gasteiger partial charge in [0.2, 0.25) is 5.96 Å². The van der Waals surface area contributed by atoms with Crippen LogP contribution in [0.15, 0.2) is 52.7 Å². The SMILES string of the molecule is C=C(F)C(=NC(=NC)Nc1ccc(C2CCN(C)CC2)c(F)c1)c1cc(OC)c2c(c1)N(C(C)C)C(=O)C(C)O2. The molecule has 1 saturated heterocycles. The number of amides is 1. The molecular weight excluding hydrogens is 516 g/mol. The van der Waals surface area contributed by atoms with Gasteiger partial charge in [-0.05, 0) is 89.5 Å². The predicted molar refractivity (Wildman–Crippen MR) is 155 cm³/mol. The molecule has 1 atom stereocenters. The van der Waals surface area contributed by atoms with Crippen molar-refractivity contribution in [1.29, 1.82) is 0 Å². The topological polar surface area (TPSA) is 78.8 Å². The Balaban J connectivity index is 1.66. The summed E-state index contributed by atoms with van der Waals surface area (Å²) in [4.78, 5) is 25.3. The first-order valence-corrected chi connectivity index (χ1v) is 13.4. The van der Waals surface area contributed by atoms with Gasteiger partial charge in [-0.15, -0.1) is 0 Å². The second-order valence-corrected chi connectivity index (χ2v) is 10.4. The summed E-state index contributed by atoms with van der Waals surface area (Å²) in [5, 5.41) is 2.98. The first kappa shape index (κ1) is 29.2. The Bertz CT molecular complexity index is 1350. The number of carbonyl (C=O) groups excluding carboxylic acids is 1. The first-order chi connectivity index (χ1) is 19.0. The largest absolute Gasteiger partial charge is 0.493 e. The Kier molecular flexibility index (Phi) is 8.88. The quantitative estimate of drug-likeness (QED) is 0.376. The summed E-state index contributed by atoms with van der Waals surface area (Å²) >= 11 is 0. The zero-order valence-electron chi connectivity index (χ0n) is 23.9. The second-order valence-electron chi connectivity index (χ2n) is 10.4. The molecule has 8 nitrogen and oxygen atoms in total.